The SMILES string of the molecule is Cc1cc(C(=O)N2CCC(N3CCN(C)CC3)C2)nc(C)n1. The molecule has 2 fully saturated rings. The molecule has 1 atom stereocenters. The summed E-state index contributed by atoms with van der Waals surface area (Å²) in [6, 6.07) is 2.29. The van der Waals surface area contributed by atoms with Crippen LogP contribution in [0.5, 0.6) is 0 Å². The second kappa shape index (κ2) is 6.30. The normalized spacial score (nSPS) is 24.0. The van der Waals surface area contributed by atoms with Crippen molar-refractivity contribution in [2.75, 3.05) is 46.3 Å². The molecule has 0 saturated carbocycles. The van der Waals surface area contributed by atoms with Crippen molar-refractivity contribution in [3.05, 3.63) is 23.3 Å². The number of carbonyl (C=O) groups excluding carboxylic acids is 1. The standard InChI is InChI=1S/C16H25N5O/c1-12-10-15(18-13(2)17-12)16(22)21-5-4-14(11-21)20-8-6-19(3)7-9-20/h10,14H,4-9,11H2,1-3H3. The van der Waals surface area contributed by atoms with E-state index in [1.807, 2.05) is 18.7 Å². The molecule has 6 heteroatoms. The second-order valence-corrected chi connectivity index (χ2v) is 6.47. The minimum absolute atomic E-state index is 0.0465. The van der Waals surface area contributed by atoms with E-state index in [1.165, 1.54) is 0 Å². The third kappa shape index (κ3) is 3.28. The molecule has 2 aliphatic rings. The lowest BCUT2D eigenvalue weighted by molar-refractivity contribution is 0.0749. The van der Waals surface area contributed by atoms with E-state index in [0.717, 1.165) is 51.4 Å². The van der Waals surface area contributed by atoms with Gasteiger partial charge in [-0.1, -0.05) is 0 Å². The first kappa shape index (κ1) is 15.4. The number of piperazine rings is 1. The van der Waals surface area contributed by atoms with Gasteiger partial charge in [0, 0.05) is 51.0 Å². The molecule has 22 heavy (non-hydrogen) atoms. The number of hydrogen-bond acceptors (Lipinski definition) is 5. The average molecular weight is 303 g/mol. The molecule has 1 unspecified atom stereocenters. The molecular weight excluding hydrogens is 278 g/mol. The summed E-state index contributed by atoms with van der Waals surface area (Å²) >= 11 is 0. The van der Waals surface area contributed by atoms with E-state index in [0.29, 0.717) is 17.6 Å². The van der Waals surface area contributed by atoms with Crippen molar-refractivity contribution in [1.29, 1.82) is 0 Å². The van der Waals surface area contributed by atoms with E-state index in [4.69, 9.17) is 0 Å². The van der Waals surface area contributed by atoms with E-state index >= 15 is 0 Å². The Labute approximate surface area is 132 Å². The number of aryl methyl sites for hydroxylation is 2. The number of aromatic nitrogens is 2. The Morgan fingerprint density at radius 3 is 2.55 bits per heavy atom. The highest BCUT2D eigenvalue weighted by molar-refractivity contribution is 5.92. The zero-order valence-electron chi connectivity index (χ0n) is 13.7. The second-order valence-electron chi connectivity index (χ2n) is 6.47. The maximum absolute atomic E-state index is 12.6. The van der Waals surface area contributed by atoms with E-state index in [1.54, 1.807) is 6.07 Å². The molecule has 2 aliphatic heterocycles. The molecule has 3 rings (SSSR count). The maximum Gasteiger partial charge on any atom is 0.272 e. The first-order chi connectivity index (χ1) is 10.5. The quantitative estimate of drug-likeness (QED) is 0.799. The predicted octanol–water partition coefficient (Wildman–Crippen LogP) is 0.555. The summed E-state index contributed by atoms with van der Waals surface area (Å²) in [5, 5.41) is 0. The predicted molar refractivity (Wildman–Crippen MR) is 84.9 cm³/mol. The monoisotopic (exact) mass is 303 g/mol. The summed E-state index contributed by atoms with van der Waals surface area (Å²) in [6.45, 7) is 9.85. The number of carbonyl (C=O) groups is 1. The zero-order chi connectivity index (χ0) is 15.7. The molecule has 3 heterocycles. The molecule has 2 saturated heterocycles. The third-order valence-electron chi connectivity index (χ3n) is 4.69. The van der Waals surface area contributed by atoms with Crippen LogP contribution in [0.4, 0.5) is 0 Å². The van der Waals surface area contributed by atoms with Gasteiger partial charge in [-0.2, -0.15) is 0 Å². The molecule has 0 aromatic carbocycles. The number of likely N-dealkylation sites (tertiary alicyclic amines) is 1. The van der Waals surface area contributed by atoms with Gasteiger partial charge in [-0.25, -0.2) is 9.97 Å². The van der Waals surface area contributed by atoms with Crippen LogP contribution in [-0.2, 0) is 0 Å². The minimum atomic E-state index is 0.0465. The Kier molecular flexibility index (Phi) is 4.40. The summed E-state index contributed by atoms with van der Waals surface area (Å²) in [5.41, 5.74) is 1.38. The van der Waals surface area contributed by atoms with Gasteiger partial charge in [-0.3, -0.25) is 9.69 Å². The lowest BCUT2D eigenvalue weighted by Crippen LogP contribution is -2.50. The van der Waals surface area contributed by atoms with E-state index < -0.39 is 0 Å². The number of nitrogens with zero attached hydrogens (tertiary/aromatic N) is 5. The highest BCUT2D eigenvalue weighted by Crippen LogP contribution is 2.19. The summed E-state index contributed by atoms with van der Waals surface area (Å²) in [6.07, 6.45) is 1.07. The Bertz CT molecular complexity index is 533. The molecule has 1 aromatic rings. The van der Waals surface area contributed by atoms with E-state index in [9.17, 15) is 4.79 Å². The summed E-state index contributed by atoms with van der Waals surface area (Å²) in [4.78, 5) is 28.0. The topological polar surface area (TPSA) is 52.6 Å². The minimum Gasteiger partial charge on any atom is -0.336 e. The van der Waals surface area contributed by atoms with Crippen molar-refractivity contribution in [1.82, 2.24) is 24.7 Å². The fourth-order valence-corrected chi connectivity index (χ4v) is 3.40. The van der Waals surface area contributed by atoms with Crippen LogP contribution in [0.25, 0.3) is 0 Å². The van der Waals surface area contributed by atoms with E-state index in [-0.39, 0.29) is 5.91 Å². The van der Waals surface area contributed by atoms with Crippen LogP contribution in [0.3, 0.4) is 0 Å². The van der Waals surface area contributed by atoms with E-state index in [2.05, 4.69) is 26.8 Å². The highest BCUT2D eigenvalue weighted by atomic mass is 16.2. The van der Waals surface area contributed by atoms with Crippen molar-refractivity contribution in [2.45, 2.75) is 26.3 Å². The molecule has 0 spiro atoms. The molecule has 0 aliphatic carbocycles. The molecule has 0 radical (unpaired) electrons. The first-order valence-corrected chi connectivity index (χ1v) is 8.07. The Morgan fingerprint density at radius 1 is 1.14 bits per heavy atom. The molecule has 6 nitrogen and oxygen atoms in total. The van der Waals surface area contributed by atoms with Gasteiger partial charge in [-0.15, -0.1) is 0 Å². The van der Waals surface area contributed by atoms with Gasteiger partial charge in [0.2, 0.25) is 0 Å². The molecule has 1 amide bonds. The Balaban J connectivity index is 1.63. The lowest BCUT2D eigenvalue weighted by Gasteiger charge is -2.36. The third-order valence-corrected chi connectivity index (χ3v) is 4.69. The van der Waals surface area contributed by atoms with Crippen LogP contribution in [-0.4, -0.2) is 82.9 Å². The molecule has 0 N–H and O–H groups in total. The maximum atomic E-state index is 12.6. The fourth-order valence-electron chi connectivity index (χ4n) is 3.40. The van der Waals surface area contributed by atoms with Crippen LogP contribution < -0.4 is 0 Å². The molecule has 1 aromatic heterocycles. The zero-order valence-corrected chi connectivity index (χ0v) is 13.7. The van der Waals surface area contributed by atoms with Gasteiger partial charge in [0.05, 0.1) is 0 Å². The molecular formula is C16H25N5O. The smallest absolute Gasteiger partial charge is 0.272 e. The van der Waals surface area contributed by atoms with Gasteiger partial charge >= 0.3 is 0 Å². The highest BCUT2D eigenvalue weighted by Gasteiger charge is 2.32. The summed E-state index contributed by atoms with van der Waals surface area (Å²) < 4.78 is 0. The van der Waals surface area contributed by atoms with Crippen molar-refractivity contribution in [3.8, 4) is 0 Å². The Hall–Kier alpha value is -1.53. The molecule has 120 valence electrons. The van der Waals surface area contributed by atoms with Gasteiger partial charge in [0.15, 0.2) is 0 Å². The molecule has 0 bridgehead atoms. The largest absolute Gasteiger partial charge is 0.336 e. The average Bonchev–Trinajstić information content (AvgIpc) is 2.96. The number of likely N-dealkylation sites (N-methyl/N-ethyl adjacent to an activating group) is 1. The van der Waals surface area contributed by atoms with Crippen molar-refractivity contribution >= 4 is 5.91 Å². The van der Waals surface area contributed by atoms with Gasteiger partial charge in [-0.05, 0) is 33.4 Å². The Morgan fingerprint density at radius 2 is 1.86 bits per heavy atom. The van der Waals surface area contributed by atoms with Gasteiger partial charge in [0.25, 0.3) is 5.91 Å². The fraction of sp³-hybridized carbons (Fsp3) is 0.688. The van der Waals surface area contributed by atoms with Gasteiger partial charge in [0.1, 0.15) is 11.5 Å². The van der Waals surface area contributed by atoms with Crippen molar-refractivity contribution < 1.29 is 4.79 Å². The van der Waals surface area contributed by atoms with Crippen molar-refractivity contribution in [2.24, 2.45) is 0 Å². The van der Waals surface area contributed by atoms with Crippen molar-refractivity contribution in [3.63, 3.8) is 0 Å². The first-order valence-electron chi connectivity index (χ1n) is 8.07. The van der Waals surface area contributed by atoms with Crippen LogP contribution in [0.15, 0.2) is 6.07 Å². The van der Waals surface area contributed by atoms with Crippen LogP contribution in [0.2, 0.25) is 0 Å². The number of hydrogen-bond donors (Lipinski definition) is 0. The van der Waals surface area contributed by atoms with Crippen LogP contribution in [0, 0.1) is 13.8 Å². The lowest BCUT2D eigenvalue weighted by atomic mass is 10.2. The van der Waals surface area contributed by atoms with Gasteiger partial charge < -0.3 is 9.80 Å². The summed E-state index contributed by atoms with van der Waals surface area (Å²) in [5.74, 6) is 0.711. The number of rotatable bonds is 2. The summed E-state index contributed by atoms with van der Waals surface area (Å²) in [7, 11) is 2.17. The van der Waals surface area contributed by atoms with Crippen LogP contribution >= 0.6 is 0 Å². The van der Waals surface area contributed by atoms with Crippen LogP contribution in [0.1, 0.15) is 28.4 Å². The number of amides is 1.